The molecule has 0 spiro atoms. The number of halogens is 1. The van der Waals surface area contributed by atoms with Crippen molar-refractivity contribution in [1.82, 2.24) is 0 Å². The molecular weight excluding hydrogens is 175 g/mol. The fourth-order valence-electron chi connectivity index (χ4n) is 1.37. The molecule has 0 saturated carbocycles. The van der Waals surface area contributed by atoms with Gasteiger partial charge in [-0.05, 0) is 37.0 Å². The van der Waals surface area contributed by atoms with E-state index in [0.29, 0.717) is 0 Å². The van der Waals surface area contributed by atoms with E-state index in [1.54, 1.807) is 12.2 Å². The SMILES string of the molecule is C=C/C(C)=C(C=C)\C(CCC)=C(/C)F. The molecule has 0 radical (unpaired) electrons. The Morgan fingerprint density at radius 1 is 1.21 bits per heavy atom. The number of allylic oxidation sites excluding steroid dienone is 6. The maximum Gasteiger partial charge on any atom is 0.101 e. The maximum absolute atomic E-state index is 13.3. The first-order valence-electron chi connectivity index (χ1n) is 4.89. The molecule has 0 aromatic carbocycles. The van der Waals surface area contributed by atoms with Gasteiger partial charge in [0.25, 0.3) is 0 Å². The third-order valence-corrected chi connectivity index (χ3v) is 2.18. The predicted octanol–water partition coefficient (Wildman–Crippen LogP) is 4.72. The van der Waals surface area contributed by atoms with E-state index in [1.165, 1.54) is 6.92 Å². The van der Waals surface area contributed by atoms with Gasteiger partial charge in [-0.3, -0.25) is 0 Å². The van der Waals surface area contributed by atoms with E-state index in [-0.39, 0.29) is 5.83 Å². The minimum absolute atomic E-state index is 0.122. The summed E-state index contributed by atoms with van der Waals surface area (Å²) in [5.74, 6) is -0.122. The van der Waals surface area contributed by atoms with Crippen LogP contribution in [0.3, 0.4) is 0 Å². The Hall–Kier alpha value is -1.11. The van der Waals surface area contributed by atoms with Crippen molar-refractivity contribution < 1.29 is 4.39 Å². The molecular formula is C13H19F. The average Bonchev–Trinajstić information content (AvgIpc) is 2.16. The molecule has 0 heterocycles. The average molecular weight is 194 g/mol. The Morgan fingerprint density at radius 2 is 1.79 bits per heavy atom. The standard InChI is InChI=1S/C13H19F/c1-6-9-13(11(5)14)12(8-3)10(4)7-2/h7-8H,2-3,6,9H2,1,4-5H3/b12-10-,13-11+. The predicted molar refractivity (Wildman–Crippen MR) is 61.8 cm³/mol. The summed E-state index contributed by atoms with van der Waals surface area (Å²) < 4.78 is 13.3. The zero-order valence-electron chi connectivity index (χ0n) is 9.36. The van der Waals surface area contributed by atoms with Gasteiger partial charge in [0.05, 0.1) is 0 Å². The molecule has 14 heavy (non-hydrogen) atoms. The van der Waals surface area contributed by atoms with Crippen LogP contribution in [0.15, 0.2) is 47.9 Å². The highest BCUT2D eigenvalue weighted by atomic mass is 19.1. The Kier molecular flexibility index (Phi) is 5.86. The van der Waals surface area contributed by atoms with Crippen LogP contribution in [-0.4, -0.2) is 0 Å². The van der Waals surface area contributed by atoms with E-state index in [0.717, 1.165) is 29.6 Å². The van der Waals surface area contributed by atoms with E-state index < -0.39 is 0 Å². The number of hydrogen-bond acceptors (Lipinski definition) is 0. The third kappa shape index (κ3) is 3.33. The van der Waals surface area contributed by atoms with Gasteiger partial charge >= 0.3 is 0 Å². The lowest BCUT2D eigenvalue weighted by Crippen LogP contribution is -1.92. The molecule has 0 nitrogen and oxygen atoms in total. The van der Waals surface area contributed by atoms with Crippen molar-refractivity contribution >= 4 is 0 Å². The molecule has 0 atom stereocenters. The molecule has 0 saturated heterocycles. The Bertz CT molecular complexity index is 276. The van der Waals surface area contributed by atoms with Gasteiger partial charge in [0.2, 0.25) is 0 Å². The van der Waals surface area contributed by atoms with Crippen molar-refractivity contribution in [3.05, 3.63) is 47.9 Å². The van der Waals surface area contributed by atoms with Crippen molar-refractivity contribution in [3.8, 4) is 0 Å². The Balaban J connectivity index is 5.29. The molecule has 0 amide bonds. The van der Waals surface area contributed by atoms with Gasteiger partial charge in [0.1, 0.15) is 5.83 Å². The molecule has 0 bridgehead atoms. The molecule has 0 aliphatic heterocycles. The second-order valence-electron chi connectivity index (χ2n) is 3.27. The Labute approximate surface area is 86.5 Å². The first kappa shape index (κ1) is 12.9. The molecule has 0 fully saturated rings. The van der Waals surface area contributed by atoms with Crippen LogP contribution in [0.25, 0.3) is 0 Å². The molecule has 0 N–H and O–H groups in total. The summed E-state index contributed by atoms with van der Waals surface area (Å²) in [6, 6.07) is 0. The summed E-state index contributed by atoms with van der Waals surface area (Å²) in [6.07, 6.45) is 5.11. The molecule has 0 aliphatic carbocycles. The number of hydrogen-bond donors (Lipinski definition) is 0. The van der Waals surface area contributed by atoms with Crippen molar-refractivity contribution in [3.63, 3.8) is 0 Å². The lowest BCUT2D eigenvalue weighted by atomic mass is 9.96. The normalized spacial score (nSPS) is 14.3. The van der Waals surface area contributed by atoms with Gasteiger partial charge in [-0.2, -0.15) is 0 Å². The summed E-state index contributed by atoms with van der Waals surface area (Å²) in [5.41, 5.74) is 2.60. The lowest BCUT2D eigenvalue weighted by Gasteiger charge is -2.10. The van der Waals surface area contributed by atoms with Gasteiger partial charge in [-0.15, -0.1) is 0 Å². The van der Waals surface area contributed by atoms with Crippen LogP contribution in [0.4, 0.5) is 4.39 Å². The third-order valence-electron chi connectivity index (χ3n) is 2.18. The lowest BCUT2D eigenvalue weighted by molar-refractivity contribution is 0.620. The summed E-state index contributed by atoms with van der Waals surface area (Å²) in [4.78, 5) is 0. The fourth-order valence-corrected chi connectivity index (χ4v) is 1.37. The van der Waals surface area contributed by atoms with Gasteiger partial charge in [0, 0.05) is 0 Å². The minimum atomic E-state index is -0.122. The van der Waals surface area contributed by atoms with Gasteiger partial charge < -0.3 is 0 Å². The second-order valence-corrected chi connectivity index (χ2v) is 3.27. The molecule has 1 heteroatoms. The summed E-state index contributed by atoms with van der Waals surface area (Å²) in [6.45, 7) is 12.8. The molecule has 78 valence electrons. The van der Waals surface area contributed by atoms with E-state index >= 15 is 0 Å². The first-order valence-corrected chi connectivity index (χ1v) is 4.89. The van der Waals surface area contributed by atoms with Crippen molar-refractivity contribution in [2.24, 2.45) is 0 Å². The van der Waals surface area contributed by atoms with Crippen LogP contribution in [0.2, 0.25) is 0 Å². The van der Waals surface area contributed by atoms with Crippen LogP contribution in [-0.2, 0) is 0 Å². The molecule has 0 rings (SSSR count). The molecule has 0 aromatic rings. The molecule has 0 aromatic heterocycles. The van der Waals surface area contributed by atoms with Gasteiger partial charge in [0.15, 0.2) is 0 Å². The molecule has 0 unspecified atom stereocenters. The van der Waals surface area contributed by atoms with E-state index in [1.807, 2.05) is 13.8 Å². The monoisotopic (exact) mass is 194 g/mol. The Morgan fingerprint density at radius 3 is 2.07 bits per heavy atom. The van der Waals surface area contributed by atoms with Gasteiger partial charge in [-0.1, -0.05) is 38.7 Å². The van der Waals surface area contributed by atoms with E-state index in [9.17, 15) is 4.39 Å². The summed E-state index contributed by atoms with van der Waals surface area (Å²) in [5, 5.41) is 0. The topological polar surface area (TPSA) is 0 Å². The van der Waals surface area contributed by atoms with E-state index in [4.69, 9.17) is 0 Å². The van der Waals surface area contributed by atoms with Crippen molar-refractivity contribution in [2.75, 3.05) is 0 Å². The van der Waals surface area contributed by atoms with Crippen molar-refractivity contribution in [2.45, 2.75) is 33.6 Å². The summed E-state index contributed by atoms with van der Waals surface area (Å²) >= 11 is 0. The van der Waals surface area contributed by atoms with Crippen LogP contribution in [0.5, 0.6) is 0 Å². The van der Waals surface area contributed by atoms with Crippen LogP contribution >= 0.6 is 0 Å². The van der Waals surface area contributed by atoms with Crippen LogP contribution in [0, 0.1) is 0 Å². The largest absolute Gasteiger partial charge is 0.212 e. The number of rotatable bonds is 5. The highest BCUT2D eigenvalue weighted by Crippen LogP contribution is 2.25. The second kappa shape index (κ2) is 6.36. The zero-order valence-corrected chi connectivity index (χ0v) is 9.36. The molecule has 0 aliphatic rings. The van der Waals surface area contributed by atoms with Gasteiger partial charge in [-0.25, -0.2) is 4.39 Å². The fraction of sp³-hybridized carbons (Fsp3) is 0.385. The highest BCUT2D eigenvalue weighted by molar-refractivity contribution is 5.46. The van der Waals surface area contributed by atoms with Crippen LogP contribution < -0.4 is 0 Å². The highest BCUT2D eigenvalue weighted by Gasteiger charge is 2.07. The van der Waals surface area contributed by atoms with Crippen molar-refractivity contribution in [1.29, 1.82) is 0 Å². The van der Waals surface area contributed by atoms with Crippen LogP contribution in [0.1, 0.15) is 33.6 Å². The first-order chi connectivity index (χ1) is 6.58. The summed E-state index contributed by atoms with van der Waals surface area (Å²) in [7, 11) is 0. The zero-order chi connectivity index (χ0) is 11.1. The smallest absolute Gasteiger partial charge is 0.101 e. The van der Waals surface area contributed by atoms with E-state index in [2.05, 4.69) is 13.2 Å². The minimum Gasteiger partial charge on any atom is -0.212 e. The maximum atomic E-state index is 13.3. The quantitative estimate of drug-likeness (QED) is 0.555.